The average molecular weight is 307 g/mol. The van der Waals surface area contributed by atoms with Crippen molar-refractivity contribution < 1.29 is 15.1 Å². The van der Waals surface area contributed by atoms with Gasteiger partial charge >= 0.3 is 11.2 Å². The highest BCUT2D eigenvalue weighted by molar-refractivity contribution is 9.09. The lowest BCUT2D eigenvalue weighted by Gasteiger charge is -2.16. The van der Waals surface area contributed by atoms with Gasteiger partial charge in [0.05, 0.1) is 11.0 Å². The van der Waals surface area contributed by atoms with Crippen molar-refractivity contribution >= 4 is 21.6 Å². The van der Waals surface area contributed by atoms with E-state index in [1.54, 1.807) is 0 Å². The molecule has 0 fully saturated rings. The largest absolute Gasteiger partial charge is 0.390 e. The van der Waals surface area contributed by atoms with Gasteiger partial charge in [-0.3, -0.25) is 14.9 Å². The summed E-state index contributed by atoms with van der Waals surface area (Å²) in [5, 5.41) is 30.2. The third-order valence-electron chi connectivity index (χ3n) is 2.21. The van der Waals surface area contributed by atoms with Gasteiger partial charge in [-0.2, -0.15) is 0 Å². The average Bonchev–Trinajstić information content (AvgIpc) is 2.28. The minimum Gasteiger partial charge on any atom is -0.390 e. The first-order chi connectivity index (χ1) is 7.97. The van der Waals surface area contributed by atoms with Crippen LogP contribution in [0, 0.1) is 10.1 Å². The lowest BCUT2D eigenvalue weighted by Crippen LogP contribution is -2.21. The number of aliphatic hydroxyl groups excluding tert-OH is 2. The van der Waals surface area contributed by atoms with Gasteiger partial charge in [0.1, 0.15) is 6.10 Å². The molecule has 17 heavy (non-hydrogen) atoms. The predicted molar refractivity (Wildman–Crippen MR) is 63.1 cm³/mol. The maximum Gasteiger partial charge on any atom is 0.334 e. The van der Waals surface area contributed by atoms with Crippen molar-refractivity contribution in [3.05, 3.63) is 38.3 Å². The van der Waals surface area contributed by atoms with Crippen molar-refractivity contribution in [1.82, 2.24) is 4.98 Å². The summed E-state index contributed by atoms with van der Waals surface area (Å²) in [4.78, 5) is 22.9. The number of aromatic nitrogens is 1. The highest BCUT2D eigenvalue weighted by Crippen LogP contribution is 2.20. The summed E-state index contributed by atoms with van der Waals surface area (Å²) >= 11 is 3.10. The lowest BCUT2D eigenvalue weighted by atomic mass is 10.0. The normalized spacial score (nSPS) is 14.3. The summed E-state index contributed by atoms with van der Waals surface area (Å²) in [7, 11) is 0. The van der Waals surface area contributed by atoms with Crippen LogP contribution >= 0.6 is 15.9 Å². The molecule has 94 valence electrons. The van der Waals surface area contributed by atoms with Crippen LogP contribution in [0.25, 0.3) is 0 Å². The lowest BCUT2D eigenvalue weighted by molar-refractivity contribution is -0.386. The highest BCUT2D eigenvalue weighted by Gasteiger charge is 2.21. The van der Waals surface area contributed by atoms with E-state index in [2.05, 4.69) is 20.9 Å². The number of nitrogens with zero attached hydrogens (tertiary/aromatic N) is 1. The van der Waals surface area contributed by atoms with Gasteiger partial charge in [-0.05, 0) is 6.42 Å². The first-order valence-corrected chi connectivity index (χ1v) is 5.88. The number of aromatic amines is 1. The molecule has 0 aliphatic rings. The first-order valence-electron chi connectivity index (χ1n) is 4.76. The smallest absolute Gasteiger partial charge is 0.334 e. The molecule has 8 heteroatoms. The third-order valence-corrected chi connectivity index (χ3v) is 2.67. The number of rotatable bonds is 5. The van der Waals surface area contributed by atoms with E-state index in [0.717, 1.165) is 12.3 Å². The van der Waals surface area contributed by atoms with E-state index in [1.807, 2.05) is 0 Å². The molecule has 0 saturated heterocycles. The fourth-order valence-electron chi connectivity index (χ4n) is 1.29. The standard InChI is InChI=1S/C9H11BrN2O5/c10-2-1-7(13)8(14)5-3-6(12(16)17)9(15)11-4-5/h3-4,7-8,13-14H,1-2H2,(H,11,15). The van der Waals surface area contributed by atoms with E-state index in [-0.39, 0.29) is 12.0 Å². The first kappa shape index (κ1) is 13.8. The molecule has 1 aromatic heterocycles. The molecule has 0 spiro atoms. The van der Waals surface area contributed by atoms with Gasteiger partial charge in [0.2, 0.25) is 0 Å². The van der Waals surface area contributed by atoms with Crippen molar-refractivity contribution in [1.29, 1.82) is 0 Å². The topological polar surface area (TPSA) is 116 Å². The zero-order chi connectivity index (χ0) is 13.0. The molecule has 3 N–H and O–H groups in total. The van der Waals surface area contributed by atoms with E-state index in [1.165, 1.54) is 0 Å². The van der Waals surface area contributed by atoms with E-state index in [4.69, 9.17) is 0 Å². The number of alkyl halides is 1. The van der Waals surface area contributed by atoms with Crippen LogP contribution in [0.2, 0.25) is 0 Å². The number of nitro groups is 1. The van der Waals surface area contributed by atoms with Crippen LogP contribution in [-0.2, 0) is 0 Å². The van der Waals surface area contributed by atoms with Gasteiger partial charge in [0, 0.05) is 23.2 Å². The molecule has 0 amide bonds. The van der Waals surface area contributed by atoms with E-state index >= 15 is 0 Å². The highest BCUT2D eigenvalue weighted by atomic mass is 79.9. The van der Waals surface area contributed by atoms with Gasteiger partial charge in [-0.25, -0.2) is 0 Å². The Morgan fingerprint density at radius 3 is 2.71 bits per heavy atom. The zero-order valence-electron chi connectivity index (χ0n) is 8.67. The van der Waals surface area contributed by atoms with Crippen LogP contribution in [0.15, 0.2) is 17.1 Å². The molecular formula is C9H11BrN2O5. The van der Waals surface area contributed by atoms with Crippen molar-refractivity contribution in [2.75, 3.05) is 5.33 Å². The van der Waals surface area contributed by atoms with Crippen LogP contribution in [0.5, 0.6) is 0 Å². The number of halogens is 1. The molecule has 1 rings (SSSR count). The number of pyridine rings is 1. The van der Waals surface area contributed by atoms with Crippen molar-refractivity contribution in [3.63, 3.8) is 0 Å². The Balaban J connectivity index is 3.03. The second kappa shape index (κ2) is 5.89. The predicted octanol–water partition coefficient (Wildman–Crippen LogP) is 0.462. The Bertz CT molecular complexity index is 461. The minimum atomic E-state index is -1.27. The molecule has 1 aromatic rings. The van der Waals surface area contributed by atoms with Crippen LogP contribution in [-0.4, -0.2) is 31.6 Å². The molecule has 0 aromatic carbocycles. The van der Waals surface area contributed by atoms with Crippen molar-refractivity contribution in [2.24, 2.45) is 0 Å². The quantitative estimate of drug-likeness (QED) is 0.415. The van der Waals surface area contributed by atoms with Crippen LogP contribution in [0.4, 0.5) is 5.69 Å². The molecule has 7 nitrogen and oxygen atoms in total. The summed E-state index contributed by atoms with van der Waals surface area (Å²) in [6, 6.07) is 0.959. The maximum atomic E-state index is 11.1. The number of hydrogen-bond acceptors (Lipinski definition) is 5. The number of nitrogens with one attached hydrogen (secondary N) is 1. The molecule has 0 saturated carbocycles. The molecule has 0 radical (unpaired) electrons. The maximum absolute atomic E-state index is 11.1. The van der Waals surface area contributed by atoms with Gasteiger partial charge in [-0.15, -0.1) is 0 Å². The summed E-state index contributed by atoms with van der Waals surface area (Å²) in [6.45, 7) is 0. The number of H-pyrrole nitrogens is 1. The Morgan fingerprint density at radius 2 is 2.18 bits per heavy atom. The summed E-state index contributed by atoms with van der Waals surface area (Å²) < 4.78 is 0. The SMILES string of the molecule is O=c1[nH]cc(C(O)C(O)CCBr)cc1[N+](=O)[O-]. The van der Waals surface area contributed by atoms with Gasteiger partial charge in [0.15, 0.2) is 0 Å². The molecule has 2 unspecified atom stereocenters. The Labute approximate surface area is 104 Å². The van der Waals surface area contributed by atoms with Gasteiger partial charge in [-0.1, -0.05) is 15.9 Å². The molecule has 1 heterocycles. The van der Waals surface area contributed by atoms with E-state index in [0.29, 0.717) is 5.33 Å². The molecule has 0 aliphatic heterocycles. The Hall–Kier alpha value is -1.25. The van der Waals surface area contributed by atoms with Crippen LogP contribution < -0.4 is 5.56 Å². The van der Waals surface area contributed by atoms with Crippen LogP contribution in [0.3, 0.4) is 0 Å². The second-order valence-corrected chi connectivity index (χ2v) is 4.19. The van der Waals surface area contributed by atoms with Crippen molar-refractivity contribution in [2.45, 2.75) is 18.6 Å². The van der Waals surface area contributed by atoms with Gasteiger partial charge in [0.25, 0.3) is 0 Å². The Kier molecular flexibility index (Phi) is 4.79. The third kappa shape index (κ3) is 3.35. The number of hydrogen-bond donors (Lipinski definition) is 3. The molecule has 0 bridgehead atoms. The summed E-state index contributed by atoms with van der Waals surface area (Å²) in [6.07, 6.45) is -0.895. The van der Waals surface area contributed by atoms with Gasteiger partial charge < -0.3 is 15.2 Å². The van der Waals surface area contributed by atoms with Crippen molar-refractivity contribution in [3.8, 4) is 0 Å². The number of aliphatic hydroxyl groups is 2. The zero-order valence-corrected chi connectivity index (χ0v) is 10.3. The van der Waals surface area contributed by atoms with E-state index < -0.39 is 28.4 Å². The monoisotopic (exact) mass is 306 g/mol. The van der Waals surface area contributed by atoms with E-state index in [9.17, 15) is 25.1 Å². The fourth-order valence-corrected chi connectivity index (χ4v) is 1.76. The summed E-state index contributed by atoms with van der Waals surface area (Å²) in [5.41, 5.74) is -1.40. The Morgan fingerprint density at radius 1 is 1.53 bits per heavy atom. The molecule has 2 atom stereocenters. The minimum absolute atomic E-state index is 0.102. The van der Waals surface area contributed by atoms with Crippen LogP contribution in [0.1, 0.15) is 18.1 Å². The fraction of sp³-hybridized carbons (Fsp3) is 0.444. The second-order valence-electron chi connectivity index (χ2n) is 3.39. The molecular weight excluding hydrogens is 296 g/mol. The summed E-state index contributed by atoms with van der Waals surface area (Å²) in [5.74, 6) is 0. The molecule has 0 aliphatic carbocycles.